The number of benzene rings is 1. The van der Waals surface area contributed by atoms with Crippen LogP contribution in [0.1, 0.15) is 13.0 Å². The average Bonchev–Trinajstić information content (AvgIpc) is 2.72. The minimum absolute atomic E-state index is 0.458. The number of amides is 3. The average molecular weight is 266 g/mol. The summed E-state index contributed by atoms with van der Waals surface area (Å²) in [5.41, 5.74) is 5.75. The van der Waals surface area contributed by atoms with Gasteiger partial charge in [-0.15, -0.1) is 0 Å². The molecule has 2 aromatic rings. The summed E-state index contributed by atoms with van der Waals surface area (Å²) in [6, 6.07) is 5.86. The van der Waals surface area contributed by atoms with Gasteiger partial charge >= 0.3 is 6.03 Å². The largest absolute Gasteiger partial charge is 0.351 e. The molecule has 6 heteroatoms. The highest BCUT2D eigenvalue weighted by molar-refractivity contribution is 6.35. The molecule has 94 valence electrons. The summed E-state index contributed by atoms with van der Waals surface area (Å²) in [7, 11) is 0. The Balaban J connectivity index is 2.39. The quantitative estimate of drug-likeness (QED) is 0.872. The van der Waals surface area contributed by atoms with Gasteiger partial charge in [0.15, 0.2) is 0 Å². The molecule has 0 aliphatic heterocycles. The van der Waals surface area contributed by atoms with Gasteiger partial charge in [0.25, 0.3) is 5.91 Å². The lowest BCUT2D eigenvalue weighted by Crippen LogP contribution is -2.38. The number of halogens is 1. The van der Waals surface area contributed by atoms with Gasteiger partial charge in [-0.1, -0.05) is 17.7 Å². The maximum Gasteiger partial charge on any atom is 0.318 e. The molecule has 1 aromatic heterocycles. The Hall–Kier alpha value is -2.01. The van der Waals surface area contributed by atoms with Crippen LogP contribution in [0.4, 0.5) is 4.79 Å². The van der Waals surface area contributed by atoms with Crippen molar-refractivity contribution in [3.8, 4) is 0 Å². The molecule has 1 atom stereocenters. The van der Waals surface area contributed by atoms with Crippen LogP contribution in [0, 0.1) is 0 Å². The second-order valence-electron chi connectivity index (χ2n) is 3.93. The zero-order chi connectivity index (χ0) is 13.3. The van der Waals surface area contributed by atoms with Gasteiger partial charge in [0, 0.05) is 16.6 Å². The van der Waals surface area contributed by atoms with Crippen molar-refractivity contribution in [3.05, 3.63) is 35.5 Å². The lowest BCUT2D eigenvalue weighted by atomic mass is 10.2. The van der Waals surface area contributed by atoms with E-state index in [0.717, 1.165) is 10.9 Å². The highest BCUT2D eigenvalue weighted by Gasteiger charge is 2.18. The van der Waals surface area contributed by atoms with Crippen molar-refractivity contribution in [3.63, 3.8) is 0 Å². The van der Waals surface area contributed by atoms with E-state index in [1.54, 1.807) is 29.8 Å². The molecule has 0 aliphatic rings. The van der Waals surface area contributed by atoms with Crippen molar-refractivity contribution >= 4 is 34.4 Å². The topological polar surface area (TPSA) is 77.1 Å². The van der Waals surface area contributed by atoms with Gasteiger partial charge in [0.05, 0.1) is 5.52 Å². The fourth-order valence-electron chi connectivity index (χ4n) is 1.84. The van der Waals surface area contributed by atoms with Crippen LogP contribution in [0.2, 0.25) is 5.02 Å². The van der Waals surface area contributed by atoms with E-state index >= 15 is 0 Å². The van der Waals surface area contributed by atoms with Crippen LogP contribution >= 0.6 is 11.6 Å². The van der Waals surface area contributed by atoms with Gasteiger partial charge in [-0.25, -0.2) is 4.79 Å². The number of primary amides is 1. The summed E-state index contributed by atoms with van der Waals surface area (Å²) in [5.74, 6) is -0.458. The molecular formula is C12H12ClN3O2. The molecule has 2 rings (SSSR count). The molecular weight excluding hydrogens is 254 g/mol. The van der Waals surface area contributed by atoms with E-state index in [0.29, 0.717) is 5.02 Å². The van der Waals surface area contributed by atoms with Crippen LogP contribution in [0.15, 0.2) is 30.5 Å². The Morgan fingerprint density at radius 2 is 2.11 bits per heavy atom. The van der Waals surface area contributed by atoms with Crippen LogP contribution in [0.25, 0.3) is 10.9 Å². The Morgan fingerprint density at radius 1 is 1.39 bits per heavy atom. The fraction of sp³-hybridized carbons (Fsp3) is 0.167. The Morgan fingerprint density at radius 3 is 2.78 bits per heavy atom. The molecule has 0 radical (unpaired) electrons. The monoisotopic (exact) mass is 265 g/mol. The number of carbonyl (C=O) groups excluding carboxylic acids is 2. The number of aromatic nitrogens is 1. The van der Waals surface area contributed by atoms with Crippen molar-refractivity contribution in [1.82, 2.24) is 9.88 Å². The van der Waals surface area contributed by atoms with Crippen LogP contribution in [-0.2, 0) is 4.79 Å². The first-order chi connectivity index (χ1) is 8.50. The molecule has 1 aromatic carbocycles. The number of hydrogen-bond acceptors (Lipinski definition) is 2. The molecule has 0 saturated heterocycles. The smallest absolute Gasteiger partial charge is 0.318 e. The highest BCUT2D eigenvalue weighted by Crippen LogP contribution is 2.26. The number of fused-ring (bicyclic) bond motifs is 1. The van der Waals surface area contributed by atoms with E-state index in [9.17, 15) is 9.59 Å². The number of nitrogens with two attached hydrogens (primary N) is 1. The third kappa shape index (κ3) is 2.17. The van der Waals surface area contributed by atoms with Crippen LogP contribution < -0.4 is 11.1 Å². The summed E-state index contributed by atoms with van der Waals surface area (Å²) in [6.07, 6.45) is 1.75. The molecule has 3 N–H and O–H groups in total. The lowest BCUT2D eigenvalue weighted by molar-refractivity contribution is -0.122. The molecule has 0 saturated carbocycles. The maximum absolute atomic E-state index is 11.7. The summed E-state index contributed by atoms with van der Waals surface area (Å²) < 4.78 is 1.74. The van der Waals surface area contributed by atoms with Gasteiger partial charge in [-0.05, 0) is 25.1 Å². The summed E-state index contributed by atoms with van der Waals surface area (Å²) >= 11 is 6.05. The zero-order valence-electron chi connectivity index (χ0n) is 9.68. The number of carbonyl (C=O) groups is 2. The maximum atomic E-state index is 11.7. The van der Waals surface area contributed by atoms with Crippen LogP contribution in [0.5, 0.6) is 0 Å². The van der Waals surface area contributed by atoms with Gasteiger partial charge in [-0.2, -0.15) is 0 Å². The normalized spacial score (nSPS) is 12.3. The summed E-state index contributed by atoms with van der Waals surface area (Å²) in [6.45, 7) is 1.68. The second-order valence-corrected chi connectivity index (χ2v) is 4.33. The van der Waals surface area contributed by atoms with Gasteiger partial charge in [0.1, 0.15) is 6.04 Å². The first kappa shape index (κ1) is 12.4. The van der Waals surface area contributed by atoms with E-state index in [-0.39, 0.29) is 0 Å². The Bertz CT molecular complexity index is 621. The molecule has 1 unspecified atom stereocenters. The zero-order valence-corrected chi connectivity index (χ0v) is 10.4. The molecule has 0 bridgehead atoms. The molecule has 0 fully saturated rings. The van der Waals surface area contributed by atoms with Crippen LogP contribution in [-0.4, -0.2) is 16.5 Å². The van der Waals surface area contributed by atoms with Crippen LogP contribution in [0.3, 0.4) is 0 Å². The molecule has 0 spiro atoms. The molecule has 5 nitrogen and oxygen atoms in total. The van der Waals surface area contributed by atoms with Gasteiger partial charge in [-0.3, -0.25) is 10.1 Å². The number of urea groups is 1. The third-order valence-corrected chi connectivity index (χ3v) is 3.08. The standard InChI is InChI=1S/C12H12ClN3O2/c1-7(11(17)15-12(14)18)16-6-5-8-9(13)3-2-4-10(8)16/h2-7H,1H3,(H3,14,15,17,18). The summed E-state index contributed by atoms with van der Waals surface area (Å²) in [5, 5.41) is 3.53. The molecule has 0 aliphatic carbocycles. The number of imide groups is 1. The number of nitrogens with one attached hydrogen (secondary N) is 1. The predicted octanol–water partition coefficient (Wildman–Crippen LogP) is 2.05. The minimum atomic E-state index is -0.860. The fourth-order valence-corrected chi connectivity index (χ4v) is 2.07. The van der Waals surface area contributed by atoms with E-state index in [1.807, 2.05) is 12.1 Å². The molecule has 3 amide bonds. The Kier molecular flexibility index (Phi) is 3.25. The minimum Gasteiger partial charge on any atom is -0.351 e. The first-order valence-corrected chi connectivity index (χ1v) is 5.74. The molecule has 18 heavy (non-hydrogen) atoms. The van der Waals surface area contributed by atoms with Crippen molar-refractivity contribution in [2.45, 2.75) is 13.0 Å². The third-order valence-electron chi connectivity index (χ3n) is 2.75. The van der Waals surface area contributed by atoms with E-state index in [4.69, 9.17) is 17.3 Å². The highest BCUT2D eigenvalue weighted by atomic mass is 35.5. The van der Waals surface area contributed by atoms with Gasteiger partial charge in [0.2, 0.25) is 0 Å². The van der Waals surface area contributed by atoms with E-state index < -0.39 is 18.0 Å². The van der Waals surface area contributed by atoms with Crippen molar-refractivity contribution < 1.29 is 9.59 Å². The van der Waals surface area contributed by atoms with E-state index in [2.05, 4.69) is 5.32 Å². The SMILES string of the molecule is CC(C(=O)NC(N)=O)n1ccc2c(Cl)cccc21. The number of nitrogens with zero attached hydrogens (tertiary/aromatic N) is 1. The van der Waals surface area contributed by atoms with Crippen molar-refractivity contribution in [2.24, 2.45) is 5.73 Å². The summed E-state index contributed by atoms with van der Waals surface area (Å²) in [4.78, 5) is 22.4. The predicted molar refractivity (Wildman–Crippen MR) is 69.4 cm³/mol. The van der Waals surface area contributed by atoms with Crippen molar-refractivity contribution in [2.75, 3.05) is 0 Å². The second kappa shape index (κ2) is 4.70. The van der Waals surface area contributed by atoms with Crippen molar-refractivity contribution in [1.29, 1.82) is 0 Å². The first-order valence-electron chi connectivity index (χ1n) is 5.36. The van der Waals surface area contributed by atoms with Gasteiger partial charge < -0.3 is 10.3 Å². The number of rotatable bonds is 2. The Labute approximate surface area is 109 Å². The lowest BCUT2D eigenvalue weighted by Gasteiger charge is -2.13. The number of hydrogen-bond donors (Lipinski definition) is 2. The van der Waals surface area contributed by atoms with E-state index in [1.165, 1.54) is 0 Å². The molecule has 1 heterocycles.